The molecular weight excluding hydrogens is 458 g/mol. The number of nitrogens with zero attached hydrogens (tertiary/aromatic N) is 2. The summed E-state index contributed by atoms with van der Waals surface area (Å²) in [5.74, 6) is 6.37. The van der Waals surface area contributed by atoms with Crippen molar-refractivity contribution in [2.75, 3.05) is 33.2 Å². The highest BCUT2D eigenvalue weighted by Crippen LogP contribution is 2.63. The average molecular weight is 514 g/mol. The van der Waals surface area contributed by atoms with Gasteiger partial charge in [-0.1, -0.05) is 58.6 Å². The monoisotopic (exact) mass is 513 g/mol. The quantitative estimate of drug-likeness (QED) is 0.376. The van der Waals surface area contributed by atoms with Gasteiger partial charge >= 0.3 is 6.09 Å². The van der Waals surface area contributed by atoms with Crippen LogP contribution in [0.4, 0.5) is 4.79 Å². The molecule has 1 aliphatic heterocycles. The van der Waals surface area contributed by atoms with Crippen molar-refractivity contribution in [1.29, 1.82) is 0 Å². The van der Waals surface area contributed by atoms with Crippen molar-refractivity contribution in [3.8, 4) is 0 Å². The summed E-state index contributed by atoms with van der Waals surface area (Å²) in [7, 11) is 2.13. The average Bonchev–Trinajstić information content (AvgIpc) is 3.30. The van der Waals surface area contributed by atoms with Gasteiger partial charge in [-0.05, 0) is 98.8 Å². The highest BCUT2D eigenvalue weighted by Gasteiger charge is 2.54. The number of rotatable bonds is 7. The summed E-state index contributed by atoms with van der Waals surface area (Å²) in [6, 6.07) is 0. The zero-order chi connectivity index (χ0) is 26.2. The van der Waals surface area contributed by atoms with Gasteiger partial charge in [0, 0.05) is 32.6 Å². The van der Waals surface area contributed by atoms with Crippen LogP contribution in [0.2, 0.25) is 0 Å². The van der Waals surface area contributed by atoms with Crippen molar-refractivity contribution >= 4 is 6.09 Å². The zero-order valence-corrected chi connectivity index (χ0v) is 24.5. The summed E-state index contributed by atoms with van der Waals surface area (Å²) >= 11 is 0. The third-order valence-corrected chi connectivity index (χ3v) is 11.6. The summed E-state index contributed by atoms with van der Waals surface area (Å²) in [5.41, 5.74) is 4.92. The molecule has 4 fully saturated rings. The molecule has 0 aromatic rings. The van der Waals surface area contributed by atoms with Gasteiger partial charge < -0.3 is 9.64 Å². The highest BCUT2D eigenvalue weighted by atomic mass is 16.6. The second-order valence-corrected chi connectivity index (χ2v) is 14.3. The van der Waals surface area contributed by atoms with E-state index in [4.69, 9.17) is 4.74 Å². The van der Waals surface area contributed by atoms with Crippen LogP contribution in [-0.2, 0) is 4.74 Å². The maximum absolute atomic E-state index is 12.6. The number of carbonyl (C=O) groups excluding carboxylic acids is 1. The number of hydrogen-bond donors (Lipinski definition) is 1. The summed E-state index contributed by atoms with van der Waals surface area (Å²) in [6.45, 7) is 13.6. The number of piperazine rings is 1. The minimum atomic E-state index is -0.257. The Morgan fingerprint density at radius 1 is 1.03 bits per heavy atom. The van der Waals surface area contributed by atoms with Crippen molar-refractivity contribution in [2.24, 2.45) is 46.8 Å². The van der Waals surface area contributed by atoms with Crippen LogP contribution in [-0.4, -0.2) is 55.3 Å². The fourth-order valence-electron chi connectivity index (χ4n) is 9.42. The number of likely N-dealkylation sites (N-methyl/N-ethyl adjacent to an activating group) is 1. The molecule has 8 unspecified atom stereocenters. The van der Waals surface area contributed by atoms with Gasteiger partial charge in [0.2, 0.25) is 0 Å². The van der Waals surface area contributed by atoms with Gasteiger partial charge in [-0.3, -0.25) is 5.43 Å². The first-order valence-corrected chi connectivity index (χ1v) is 15.8. The maximum atomic E-state index is 12.6. The van der Waals surface area contributed by atoms with E-state index in [9.17, 15) is 4.79 Å². The number of hydrazine groups is 1. The van der Waals surface area contributed by atoms with Crippen LogP contribution in [0, 0.1) is 46.8 Å². The van der Waals surface area contributed by atoms with E-state index >= 15 is 0 Å². The van der Waals surface area contributed by atoms with Crippen LogP contribution in [0.5, 0.6) is 0 Å². The SMILES string of the molecule is CC(C)CCCC(C)C1CCC2C1CCC1C2CC=C2CC(OC(=O)NN3CCN(C)CC3)CCC21C. The summed E-state index contributed by atoms with van der Waals surface area (Å²) in [5, 5.41) is 2.01. The molecule has 3 saturated carbocycles. The van der Waals surface area contributed by atoms with Crippen LogP contribution in [0.25, 0.3) is 0 Å². The lowest BCUT2D eigenvalue weighted by Gasteiger charge is -2.55. The van der Waals surface area contributed by atoms with Gasteiger partial charge in [0.05, 0.1) is 0 Å². The van der Waals surface area contributed by atoms with Crippen LogP contribution in [0.3, 0.4) is 0 Å². The second-order valence-electron chi connectivity index (χ2n) is 14.3. The Hall–Kier alpha value is -1.07. The number of ether oxygens (including phenoxy) is 1. The normalized spacial score (nSPS) is 39.4. The molecule has 1 N–H and O–H groups in total. The Kier molecular flexibility index (Phi) is 8.60. The predicted octanol–water partition coefficient (Wildman–Crippen LogP) is 6.89. The number of hydrogen-bond acceptors (Lipinski definition) is 4. The van der Waals surface area contributed by atoms with E-state index < -0.39 is 0 Å². The molecule has 1 amide bonds. The Bertz CT molecular complexity index is 819. The summed E-state index contributed by atoms with van der Waals surface area (Å²) in [4.78, 5) is 14.9. The molecule has 1 saturated heterocycles. The van der Waals surface area contributed by atoms with Gasteiger partial charge in [-0.25, -0.2) is 9.80 Å². The molecule has 210 valence electrons. The van der Waals surface area contributed by atoms with Crippen molar-refractivity contribution in [1.82, 2.24) is 15.3 Å². The van der Waals surface area contributed by atoms with Gasteiger partial charge in [0.15, 0.2) is 0 Å². The molecule has 5 aliphatic rings. The third kappa shape index (κ3) is 5.93. The predicted molar refractivity (Wildman–Crippen MR) is 151 cm³/mol. The molecule has 0 aromatic carbocycles. The van der Waals surface area contributed by atoms with Gasteiger partial charge in [0.1, 0.15) is 6.10 Å². The van der Waals surface area contributed by atoms with Gasteiger partial charge in [-0.15, -0.1) is 0 Å². The summed E-state index contributed by atoms with van der Waals surface area (Å²) < 4.78 is 5.96. The lowest BCUT2D eigenvalue weighted by Crippen LogP contribution is -2.53. The Morgan fingerprint density at radius 2 is 1.78 bits per heavy atom. The van der Waals surface area contributed by atoms with E-state index in [1.54, 1.807) is 5.57 Å². The molecule has 1 heterocycles. The number of allylic oxidation sites excluding steroid dienone is 1. The van der Waals surface area contributed by atoms with Crippen molar-refractivity contribution < 1.29 is 9.53 Å². The van der Waals surface area contributed by atoms with Crippen LogP contribution in [0.1, 0.15) is 98.3 Å². The first-order chi connectivity index (χ1) is 17.7. The minimum Gasteiger partial charge on any atom is -0.445 e. The number of nitrogens with one attached hydrogen (secondary N) is 1. The van der Waals surface area contributed by atoms with E-state index in [0.29, 0.717) is 5.41 Å². The minimum absolute atomic E-state index is 0.0298. The highest BCUT2D eigenvalue weighted by molar-refractivity contribution is 5.66. The second kappa shape index (κ2) is 11.6. The lowest BCUT2D eigenvalue weighted by atomic mass is 9.50. The van der Waals surface area contributed by atoms with Crippen LogP contribution >= 0.6 is 0 Å². The molecule has 0 radical (unpaired) electrons. The Balaban J connectivity index is 1.16. The molecule has 0 aromatic heterocycles. The van der Waals surface area contributed by atoms with Gasteiger partial charge in [0.25, 0.3) is 0 Å². The molecule has 8 atom stereocenters. The first kappa shape index (κ1) is 27.5. The van der Waals surface area contributed by atoms with E-state index in [-0.39, 0.29) is 12.2 Å². The number of carbonyl (C=O) groups is 1. The van der Waals surface area contributed by atoms with Crippen LogP contribution in [0.15, 0.2) is 11.6 Å². The smallest absolute Gasteiger partial charge is 0.422 e. The van der Waals surface area contributed by atoms with E-state index in [2.05, 4.69) is 51.1 Å². The molecular formula is C32H55N3O2. The molecule has 0 bridgehead atoms. The van der Waals surface area contributed by atoms with Crippen molar-refractivity contribution in [3.05, 3.63) is 11.6 Å². The van der Waals surface area contributed by atoms with Gasteiger partial charge in [-0.2, -0.15) is 0 Å². The number of fused-ring (bicyclic) bond motifs is 5. The topological polar surface area (TPSA) is 44.8 Å². The van der Waals surface area contributed by atoms with E-state index in [1.807, 2.05) is 5.01 Å². The molecule has 5 nitrogen and oxygen atoms in total. The molecule has 37 heavy (non-hydrogen) atoms. The molecule has 4 aliphatic carbocycles. The summed E-state index contributed by atoms with van der Waals surface area (Å²) in [6.07, 6.45) is 16.9. The molecule has 5 heteroatoms. The zero-order valence-electron chi connectivity index (χ0n) is 24.5. The van der Waals surface area contributed by atoms with E-state index in [1.165, 1.54) is 57.8 Å². The number of amides is 1. The first-order valence-electron chi connectivity index (χ1n) is 15.8. The fraction of sp³-hybridized carbons (Fsp3) is 0.906. The largest absolute Gasteiger partial charge is 0.445 e. The van der Waals surface area contributed by atoms with Crippen molar-refractivity contribution in [3.63, 3.8) is 0 Å². The maximum Gasteiger partial charge on any atom is 0.422 e. The van der Waals surface area contributed by atoms with Crippen LogP contribution < -0.4 is 5.43 Å². The molecule has 0 spiro atoms. The van der Waals surface area contributed by atoms with Crippen molar-refractivity contribution in [2.45, 2.75) is 104 Å². The lowest BCUT2D eigenvalue weighted by molar-refractivity contribution is -0.0212. The molecule has 5 rings (SSSR count). The Morgan fingerprint density at radius 3 is 2.54 bits per heavy atom. The Labute approximate surface area is 227 Å². The standard InChI is InChI=1S/C32H55N3O2/c1-22(2)7-6-8-23(3)26-11-12-28-27(26)13-14-30-29(28)10-9-24-21-25(15-16-32(24,30)4)37-31(36)33-35-19-17-34(5)18-20-35/h9,22-23,25-30H,6-8,10-21H2,1-5H3,(H,33,36). The third-order valence-electron chi connectivity index (χ3n) is 11.6. The fourth-order valence-corrected chi connectivity index (χ4v) is 9.42. The van der Waals surface area contributed by atoms with E-state index in [0.717, 1.165) is 80.4 Å².